The second-order valence-electron chi connectivity index (χ2n) is 6.83. The SMILES string of the molecule is CNCCCC(=O)Cc1ccc(CCC(=O)OC(C)(C)C)cc1. The Balaban J connectivity index is 2.38. The van der Waals surface area contributed by atoms with E-state index in [2.05, 4.69) is 5.32 Å². The number of hydrogen-bond acceptors (Lipinski definition) is 4. The predicted octanol–water partition coefficient (Wildman–Crippen LogP) is 3.07. The topological polar surface area (TPSA) is 55.4 Å². The zero-order chi connectivity index (χ0) is 17.3. The largest absolute Gasteiger partial charge is 0.460 e. The Hall–Kier alpha value is -1.68. The highest BCUT2D eigenvalue weighted by atomic mass is 16.6. The predicted molar refractivity (Wildman–Crippen MR) is 92.5 cm³/mol. The van der Waals surface area contributed by atoms with Gasteiger partial charge in [-0.3, -0.25) is 9.59 Å². The summed E-state index contributed by atoms with van der Waals surface area (Å²) in [5.74, 6) is 0.0862. The summed E-state index contributed by atoms with van der Waals surface area (Å²) in [4.78, 5) is 23.5. The lowest BCUT2D eigenvalue weighted by molar-refractivity contribution is -0.154. The second-order valence-corrected chi connectivity index (χ2v) is 6.83. The van der Waals surface area contributed by atoms with Crippen LogP contribution in [-0.4, -0.2) is 30.9 Å². The van der Waals surface area contributed by atoms with Gasteiger partial charge in [0.1, 0.15) is 11.4 Å². The van der Waals surface area contributed by atoms with Crippen LogP contribution >= 0.6 is 0 Å². The average molecular weight is 319 g/mol. The molecule has 0 heterocycles. The number of nitrogens with one attached hydrogen (secondary N) is 1. The van der Waals surface area contributed by atoms with Crippen LogP contribution < -0.4 is 5.32 Å². The van der Waals surface area contributed by atoms with Gasteiger partial charge in [0.15, 0.2) is 0 Å². The van der Waals surface area contributed by atoms with Gasteiger partial charge >= 0.3 is 5.97 Å². The third-order valence-electron chi connectivity index (χ3n) is 3.34. The summed E-state index contributed by atoms with van der Waals surface area (Å²) in [5.41, 5.74) is 1.68. The molecule has 1 rings (SSSR count). The summed E-state index contributed by atoms with van der Waals surface area (Å²) in [6.45, 7) is 6.48. The molecule has 0 fully saturated rings. The molecule has 0 bridgehead atoms. The Labute approximate surface area is 139 Å². The van der Waals surface area contributed by atoms with Crippen LogP contribution in [0.25, 0.3) is 0 Å². The Bertz CT molecular complexity index is 500. The molecule has 128 valence electrons. The minimum Gasteiger partial charge on any atom is -0.460 e. The molecule has 0 aliphatic carbocycles. The summed E-state index contributed by atoms with van der Waals surface area (Å²) < 4.78 is 5.29. The van der Waals surface area contributed by atoms with Crippen molar-refractivity contribution in [3.8, 4) is 0 Å². The van der Waals surface area contributed by atoms with Crippen molar-refractivity contribution in [1.82, 2.24) is 5.32 Å². The minimum absolute atomic E-state index is 0.179. The van der Waals surface area contributed by atoms with Gasteiger partial charge < -0.3 is 10.1 Å². The Kier molecular flexibility index (Phi) is 7.96. The highest BCUT2D eigenvalue weighted by Gasteiger charge is 2.15. The van der Waals surface area contributed by atoms with E-state index >= 15 is 0 Å². The molecule has 0 aliphatic heterocycles. The van der Waals surface area contributed by atoms with Gasteiger partial charge in [0.05, 0.1) is 0 Å². The van der Waals surface area contributed by atoms with Gasteiger partial charge in [0, 0.05) is 19.3 Å². The van der Waals surface area contributed by atoms with Crippen LogP contribution in [0.3, 0.4) is 0 Å². The average Bonchev–Trinajstić information content (AvgIpc) is 2.45. The molecule has 4 heteroatoms. The maximum Gasteiger partial charge on any atom is 0.306 e. The Morgan fingerprint density at radius 2 is 1.65 bits per heavy atom. The second kappa shape index (κ2) is 9.46. The lowest BCUT2D eigenvalue weighted by atomic mass is 10.0. The molecule has 1 aromatic carbocycles. The highest BCUT2D eigenvalue weighted by Crippen LogP contribution is 2.12. The van der Waals surface area contributed by atoms with Gasteiger partial charge in [-0.25, -0.2) is 0 Å². The van der Waals surface area contributed by atoms with Gasteiger partial charge in [-0.1, -0.05) is 24.3 Å². The molecule has 0 amide bonds. The van der Waals surface area contributed by atoms with E-state index in [0.717, 1.165) is 24.1 Å². The molecule has 0 aliphatic rings. The fourth-order valence-electron chi connectivity index (χ4n) is 2.24. The Morgan fingerprint density at radius 1 is 1.04 bits per heavy atom. The smallest absolute Gasteiger partial charge is 0.306 e. The number of esters is 1. The maximum atomic E-state index is 11.8. The number of carbonyl (C=O) groups excluding carboxylic acids is 2. The third kappa shape index (κ3) is 9.14. The molecule has 4 nitrogen and oxygen atoms in total. The fourth-order valence-corrected chi connectivity index (χ4v) is 2.24. The van der Waals surface area contributed by atoms with Crippen molar-refractivity contribution < 1.29 is 14.3 Å². The monoisotopic (exact) mass is 319 g/mol. The summed E-state index contributed by atoms with van der Waals surface area (Å²) in [6, 6.07) is 7.92. The first-order valence-corrected chi connectivity index (χ1v) is 8.26. The van der Waals surface area contributed by atoms with Crippen LogP contribution in [-0.2, 0) is 27.2 Å². The summed E-state index contributed by atoms with van der Waals surface area (Å²) in [5, 5.41) is 3.04. The molecule has 1 N–H and O–H groups in total. The van der Waals surface area contributed by atoms with Crippen molar-refractivity contribution in [2.75, 3.05) is 13.6 Å². The molecule has 0 radical (unpaired) electrons. The summed E-state index contributed by atoms with van der Waals surface area (Å²) in [6.07, 6.45) is 3.01. The zero-order valence-corrected chi connectivity index (χ0v) is 14.8. The number of ether oxygens (including phenoxy) is 1. The van der Waals surface area contributed by atoms with Crippen LogP contribution in [0, 0.1) is 0 Å². The van der Waals surface area contributed by atoms with Gasteiger partial charge in [0.25, 0.3) is 0 Å². The third-order valence-corrected chi connectivity index (χ3v) is 3.34. The maximum absolute atomic E-state index is 11.8. The molecule has 0 atom stereocenters. The number of Topliss-reactive ketones (excluding diaryl/α,β-unsaturated/α-hetero) is 1. The zero-order valence-electron chi connectivity index (χ0n) is 14.8. The number of rotatable bonds is 9. The van der Waals surface area contributed by atoms with E-state index in [1.54, 1.807) is 0 Å². The minimum atomic E-state index is -0.436. The first-order valence-electron chi connectivity index (χ1n) is 8.26. The van der Waals surface area contributed by atoms with Crippen molar-refractivity contribution >= 4 is 11.8 Å². The van der Waals surface area contributed by atoms with E-state index in [9.17, 15) is 9.59 Å². The summed E-state index contributed by atoms with van der Waals surface area (Å²) in [7, 11) is 1.89. The molecule has 0 unspecified atom stereocenters. The molecule has 23 heavy (non-hydrogen) atoms. The normalized spacial score (nSPS) is 11.3. The van der Waals surface area contributed by atoms with E-state index in [4.69, 9.17) is 4.74 Å². The van der Waals surface area contributed by atoms with Crippen molar-refractivity contribution in [2.24, 2.45) is 0 Å². The number of hydrogen-bond donors (Lipinski definition) is 1. The van der Waals surface area contributed by atoms with Gasteiger partial charge in [-0.05, 0) is 58.3 Å². The summed E-state index contributed by atoms with van der Waals surface area (Å²) >= 11 is 0. The standard InChI is InChI=1S/C19H29NO3/c1-19(2,3)23-18(22)12-11-15-7-9-16(10-8-15)14-17(21)6-5-13-20-4/h7-10,20H,5-6,11-14H2,1-4H3. The van der Waals surface area contributed by atoms with E-state index in [1.165, 1.54) is 0 Å². The highest BCUT2D eigenvalue weighted by molar-refractivity contribution is 5.80. The van der Waals surface area contributed by atoms with Crippen molar-refractivity contribution in [3.05, 3.63) is 35.4 Å². The van der Waals surface area contributed by atoms with Crippen molar-refractivity contribution in [2.45, 2.75) is 58.5 Å². The molecule has 1 aromatic rings. The number of ketones is 1. The van der Waals surface area contributed by atoms with E-state index < -0.39 is 5.60 Å². The van der Waals surface area contributed by atoms with Crippen LogP contribution in [0.2, 0.25) is 0 Å². The first-order chi connectivity index (χ1) is 10.8. The molecule has 0 spiro atoms. The number of benzene rings is 1. The molecular formula is C19H29NO3. The van der Waals surface area contributed by atoms with E-state index in [0.29, 0.717) is 25.7 Å². The lowest BCUT2D eigenvalue weighted by Gasteiger charge is -2.19. The van der Waals surface area contributed by atoms with Crippen molar-refractivity contribution in [3.63, 3.8) is 0 Å². The molecule has 0 aromatic heterocycles. The van der Waals surface area contributed by atoms with E-state index in [1.807, 2.05) is 52.1 Å². The van der Waals surface area contributed by atoms with Gasteiger partial charge in [-0.15, -0.1) is 0 Å². The number of aryl methyl sites for hydroxylation is 1. The Morgan fingerprint density at radius 3 is 2.22 bits per heavy atom. The van der Waals surface area contributed by atoms with Crippen LogP contribution in [0.15, 0.2) is 24.3 Å². The lowest BCUT2D eigenvalue weighted by Crippen LogP contribution is -2.24. The quantitative estimate of drug-likeness (QED) is 0.561. The van der Waals surface area contributed by atoms with Crippen LogP contribution in [0.4, 0.5) is 0 Å². The number of carbonyl (C=O) groups is 2. The first kappa shape index (κ1) is 19.4. The van der Waals surface area contributed by atoms with Crippen LogP contribution in [0.1, 0.15) is 51.2 Å². The van der Waals surface area contributed by atoms with Crippen molar-refractivity contribution in [1.29, 1.82) is 0 Å². The molecular weight excluding hydrogens is 290 g/mol. The molecule has 0 saturated heterocycles. The van der Waals surface area contributed by atoms with Gasteiger partial charge in [-0.2, -0.15) is 0 Å². The molecule has 0 saturated carbocycles. The van der Waals surface area contributed by atoms with Crippen LogP contribution in [0.5, 0.6) is 0 Å². The fraction of sp³-hybridized carbons (Fsp3) is 0.579. The van der Waals surface area contributed by atoms with Gasteiger partial charge in [0.2, 0.25) is 0 Å². The van der Waals surface area contributed by atoms with E-state index in [-0.39, 0.29) is 11.8 Å².